The fraction of sp³-hybridized carbons (Fsp3) is 0.615. The molecule has 3 nitrogen and oxygen atoms in total. The van der Waals surface area contributed by atoms with Gasteiger partial charge in [0.25, 0.3) is 0 Å². The standard InChI is InChI=1S/C13H19NO2S/c1-2-13(12(15)16)5-7-14(10-13)6-3-11-4-8-17-9-11/h4,8-9H,2-3,5-7,10H2,1H3,(H,15,16). The van der Waals surface area contributed by atoms with Crippen molar-refractivity contribution in [2.75, 3.05) is 19.6 Å². The van der Waals surface area contributed by atoms with E-state index < -0.39 is 11.4 Å². The van der Waals surface area contributed by atoms with Crippen molar-refractivity contribution in [1.29, 1.82) is 0 Å². The fourth-order valence-corrected chi connectivity index (χ4v) is 3.19. The van der Waals surface area contributed by atoms with E-state index in [0.717, 1.165) is 32.4 Å². The van der Waals surface area contributed by atoms with E-state index in [4.69, 9.17) is 0 Å². The lowest BCUT2D eigenvalue weighted by atomic mass is 9.84. The van der Waals surface area contributed by atoms with Crippen LogP contribution >= 0.6 is 11.3 Å². The predicted octanol–water partition coefficient (Wildman–Crippen LogP) is 2.48. The SMILES string of the molecule is CCC1(C(=O)O)CCN(CCc2ccsc2)C1. The van der Waals surface area contributed by atoms with Crippen molar-refractivity contribution in [2.45, 2.75) is 26.2 Å². The maximum Gasteiger partial charge on any atom is 0.310 e. The van der Waals surface area contributed by atoms with Gasteiger partial charge in [0.2, 0.25) is 0 Å². The zero-order valence-electron chi connectivity index (χ0n) is 10.2. The Labute approximate surface area is 106 Å². The van der Waals surface area contributed by atoms with Crippen molar-refractivity contribution in [1.82, 2.24) is 4.90 Å². The zero-order valence-corrected chi connectivity index (χ0v) is 11.0. The maximum absolute atomic E-state index is 11.3. The molecule has 1 N–H and O–H groups in total. The van der Waals surface area contributed by atoms with Gasteiger partial charge in [0.05, 0.1) is 5.41 Å². The molecule has 0 saturated carbocycles. The lowest BCUT2D eigenvalue weighted by Gasteiger charge is -2.23. The summed E-state index contributed by atoms with van der Waals surface area (Å²) in [5, 5.41) is 13.6. The molecule has 1 aromatic rings. The molecule has 1 aliphatic heterocycles. The first-order valence-corrected chi connectivity index (χ1v) is 7.07. The van der Waals surface area contributed by atoms with Crippen LogP contribution in [0.2, 0.25) is 0 Å². The van der Waals surface area contributed by atoms with E-state index in [-0.39, 0.29) is 0 Å². The van der Waals surface area contributed by atoms with Crippen LogP contribution in [0.3, 0.4) is 0 Å². The molecule has 0 aromatic carbocycles. The number of carboxylic acids is 1. The maximum atomic E-state index is 11.3. The summed E-state index contributed by atoms with van der Waals surface area (Å²) in [4.78, 5) is 13.6. The summed E-state index contributed by atoms with van der Waals surface area (Å²) in [7, 11) is 0. The molecule has 0 amide bonds. The molecule has 17 heavy (non-hydrogen) atoms. The van der Waals surface area contributed by atoms with Gasteiger partial charge in [0, 0.05) is 13.1 Å². The Balaban J connectivity index is 1.87. The highest BCUT2D eigenvalue weighted by Crippen LogP contribution is 2.34. The summed E-state index contributed by atoms with van der Waals surface area (Å²) in [6.07, 6.45) is 2.56. The molecule has 1 aromatic heterocycles. The van der Waals surface area contributed by atoms with E-state index in [1.807, 2.05) is 6.92 Å². The molecule has 2 rings (SSSR count). The molecule has 0 bridgehead atoms. The lowest BCUT2D eigenvalue weighted by Crippen LogP contribution is -2.34. The molecule has 1 atom stereocenters. The molecule has 0 radical (unpaired) electrons. The third-order valence-electron chi connectivity index (χ3n) is 3.86. The van der Waals surface area contributed by atoms with Gasteiger partial charge in [-0.25, -0.2) is 0 Å². The molecule has 2 heterocycles. The summed E-state index contributed by atoms with van der Waals surface area (Å²) in [6.45, 7) is 4.59. The number of likely N-dealkylation sites (tertiary alicyclic amines) is 1. The second-order valence-electron chi connectivity index (χ2n) is 4.85. The monoisotopic (exact) mass is 253 g/mol. The van der Waals surface area contributed by atoms with Crippen molar-refractivity contribution in [3.05, 3.63) is 22.4 Å². The summed E-state index contributed by atoms with van der Waals surface area (Å²) in [5.74, 6) is -0.627. The van der Waals surface area contributed by atoms with Crippen LogP contribution in [0.15, 0.2) is 16.8 Å². The first-order valence-electron chi connectivity index (χ1n) is 6.13. The van der Waals surface area contributed by atoms with Crippen LogP contribution in [0.5, 0.6) is 0 Å². The van der Waals surface area contributed by atoms with E-state index in [1.54, 1.807) is 11.3 Å². The number of thiophene rings is 1. The van der Waals surface area contributed by atoms with Crippen LogP contribution in [-0.2, 0) is 11.2 Å². The van der Waals surface area contributed by atoms with Crippen LogP contribution in [-0.4, -0.2) is 35.6 Å². The number of hydrogen-bond donors (Lipinski definition) is 1. The number of hydrogen-bond acceptors (Lipinski definition) is 3. The highest BCUT2D eigenvalue weighted by Gasteiger charge is 2.42. The van der Waals surface area contributed by atoms with Crippen molar-refractivity contribution in [2.24, 2.45) is 5.41 Å². The fourth-order valence-electron chi connectivity index (χ4n) is 2.49. The summed E-state index contributed by atoms with van der Waals surface area (Å²) in [5.41, 5.74) is 0.869. The van der Waals surface area contributed by atoms with E-state index in [1.165, 1.54) is 5.56 Å². The normalized spacial score (nSPS) is 25.2. The minimum Gasteiger partial charge on any atom is -0.481 e. The summed E-state index contributed by atoms with van der Waals surface area (Å²) < 4.78 is 0. The van der Waals surface area contributed by atoms with Gasteiger partial charge in [0.15, 0.2) is 0 Å². The van der Waals surface area contributed by atoms with Gasteiger partial charge < -0.3 is 10.0 Å². The first-order chi connectivity index (χ1) is 8.16. The average molecular weight is 253 g/mol. The van der Waals surface area contributed by atoms with Crippen molar-refractivity contribution in [3.63, 3.8) is 0 Å². The topological polar surface area (TPSA) is 40.5 Å². The number of carbonyl (C=O) groups is 1. The number of carboxylic acid groups (broad SMARTS) is 1. The molecule has 1 saturated heterocycles. The Hall–Kier alpha value is -0.870. The molecule has 94 valence electrons. The molecule has 1 aliphatic rings. The number of aliphatic carboxylic acids is 1. The Morgan fingerprint density at radius 2 is 2.47 bits per heavy atom. The molecular weight excluding hydrogens is 234 g/mol. The van der Waals surface area contributed by atoms with Gasteiger partial charge in [0.1, 0.15) is 0 Å². The molecule has 0 aliphatic carbocycles. The van der Waals surface area contributed by atoms with E-state index in [0.29, 0.717) is 6.54 Å². The van der Waals surface area contributed by atoms with Crippen molar-refractivity contribution in [3.8, 4) is 0 Å². The minimum atomic E-state index is -0.627. The minimum absolute atomic E-state index is 0.491. The molecular formula is C13H19NO2S. The lowest BCUT2D eigenvalue weighted by molar-refractivity contribution is -0.148. The van der Waals surface area contributed by atoms with Crippen LogP contribution in [0.1, 0.15) is 25.3 Å². The van der Waals surface area contributed by atoms with Gasteiger partial charge in [-0.2, -0.15) is 11.3 Å². The predicted molar refractivity (Wildman–Crippen MR) is 69.4 cm³/mol. The summed E-state index contributed by atoms with van der Waals surface area (Å²) >= 11 is 1.72. The molecule has 0 spiro atoms. The Bertz CT molecular complexity index is 377. The van der Waals surface area contributed by atoms with E-state index >= 15 is 0 Å². The van der Waals surface area contributed by atoms with Crippen LogP contribution in [0.25, 0.3) is 0 Å². The van der Waals surface area contributed by atoms with Crippen LogP contribution in [0, 0.1) is 5.41 Å². The van der Waals surface area contributed by atoms with E-state index in [2.05, 4.69) is 21.7 Å². The smallest absolute Gasteiger partial charge is 0.310 e. The third-order valence-corrected chi connectivity index (χ3v) is 4.59. The molecule has 1 fully saturated rings. The van der Waals surface area contributed by atoms with Gasteiger partial charge in [-0.1, -0.05) is 6.92 Å². The number of rotatable bonds is 5. The largest absolute Gasteiger partial charge is 0.481 e. The van der Waals surface area contributed by atoms with Gasteiger partial charge in [-0.15, -0.1) is 0 Å². The molecule has 1 unspecified atom stereocenters. The van der Waals surface area contributed by atoms with Crippen LogP contribution < -0.4 is 0 Å². The molecule has 4 heteroatoms. The van der Waals surface area contributed by atoms with Crippen molar-refractivity contribution >= 4 is 17.3 Å². The second kappa shape index (κ2) is 5.19. The van der Waals surface area contributed by atoms with Gasteiger partial charge >= 0.3 is 5.97 Å². The summed E-state index contributed by atoms with van der Waals surface area (Å²) in [6, 6.07) is 2.14. The highest BCUT2D eigenvalue weighted by atomic mass is 32.1. The Morgan fingerprint density at radius 1 is 1.65 bits per heavy atom. The second-order valence-corrected chi connectivity index (χ2v) is 5.63. The quantitative estimate of drug-likeness (QED) is 0.876. The Morgan fingerprint density at radius 3 is 3.00 bits per heavy atom. The third kappa shape index (κ3) is 2.69. The van der Waals surface area contributed by atoms with Gasteiger partial charge in [-0.3, -0.25) is 4.79 Å². The number of nitrogens with zero attached hydrogens (tertiary/aromatic N) is 1. The average Bonchev–Trinajstić information content (AvgIpc) is 2.96. The Kier molecular flexibility index (Phi) is 3.84. The van der Waals surface area contributed by atoms with E-state index in [9.17, 15) is 9.90 Å². The van der Waals surface area contributed by atoms with Crippen molar-refractivity contribution < 1.29 is 9.90 Å². The van der Waals surface area contributed by atoms with Crippen LogP contribution in [0.4, 0.5) is 0 Å². The zero-order chi connectivity index (χ0) is 12.3. The highest BCUT2D eigenvalue weighted by molar-refractivity contribution is 7.07. The van der Waals surface area contributed by atoms with Gasteiger partial charge in [-0.05, 0) is 48.2 Å². The first kappa shape index (κ1) is 12.6.